The summed E-state index contributed by atoms with van der Waals surface area (Å²) in [5, 5.41) is 2.89. The summed E-state index contributed by atoms with van der Waals surface area (Å²) in [5.41, 5.74) is 1.89. The molecule has 23 heavy (non-hydrogen) atoms. The minimum atomic E-state index is -0.0610. The summed E-state index contributed by atoms with van der Waals surface area (Å²) in [6.45, 7) is 2.62. The summed E-state index contributed by atoms with van der Waals surface area (Å²) >= 11 is 0. The fraction of sp³-hybridized carbons (Fsp3) is 0.278. The molecular weight excluding hydrogens is 292 g/mol. The van der Waals surface area contributed by atoms with Gasteiger partial charge in [-0.1, -0.05) is 30.3 Å². The fourth-order valence-corrected chi connectivity index (χ4v) is 2.52. The summed E-state index contributed by atoms with van der Waals surface area (Å²) in [4.78, 5) is 14.2. The van der Waals surface area contributed by atoms with E-state index in [1.54, 1.807) is 12.1 Å². The standard InChI is InChI=1S/C18H20N2O3/c1-13(14-6-4-3-5-7-14)20(2)11-18(21)19-15-8-9-16-17(10-15)23-12-22-16/h3-10,13H,11-12H2,1-2H3,(H,19,21)/t13-/m1/s1. The Kier molecular flexibility index (Phi) is 4.48. The molecule has 1 aliphatic rings. The molecule has 0 aromatic heterocycles. The lowest BCUT2D eigenvalue weighted by Crippen LogP contribution is -2.32. The van der Waals surface area contributed by atoms with Gasteiger partial charge in [-0.05, 0) is 31.7 Å². The maximum atomic E-state index is 12.2. The van der Waals surface area contributed by atoms with Gasteiger partial charge in [0.25, 0.3) is 0 Å². The number of anilines is 1. The van der Waals surface area contributed by atoms with Crippen LogP contribution in [0.4, 0.5) is 5.69 Å². The number of nitrogens with one attached hydrogen (secondary N) is 1. The van der Waals surface area contributed by atoms with Gasteiger partial charge in [-0.2, -0.15) is 0 Å². The number of nitrogens with zero attached hydrogens (tertiary/aromatic N) is 1. The first-order chi connectivity index (χ1) is 11.1. The van der Waals surface area contributed by atoms with Gasteiger partial charge in [0.05, 0.1) is 6.54 Å². The highest BCUT2D eigenvalue weighted by Gasteiger charge is 2.17. The molecule has 0 radical (unpaired) electrons. The number of benzene rings is 2. The minimum Gasteiger partial charge on any atom is -0.454 e. The first kappa shape index (κ1) is 15.4. The molecule has 120 valence electrons. The van der Waals surface area contributed by atoms with Gasteiger partial charge in [0.15, 0.2) is 11.5 Å². The number of hydrogen-bond donors (Lipinski definition) is 1. The van der Waals surface area contributed by atoms with E-state index in [2.05, 4.69) is 24.4 Å². The Morgan fingerprint density at radius 3 is 2.70 bits per heavy atom. The van der Waals surface area contributed by atoms with Crippen molar-refractivity contribution >= 4 is 11.6 Å². The highest BCUT2D eigenvalue weighted by atomic mass is 16.7. The van der Waals surface area contributed by atoms with Crippen molar-refractivity contribution in [3.8, 4) is 11.5 Å². The Hall–Kier alpha value is -2.53. The van der Waals surface area contributed by atoms with E-state index in [-0.39, 0.29) is 18.7 Å². The predicted octanol–water partition coefficient (Wildman–Crippen LogP) is 3.05. The summed E-state index contributed by atoms with van der Waals surface area (Å²) in [6, 6.07) is 15.7. The van der Waals surface area contributed by atoms with Crippen molar-refractivity contribution in [1.82, 2.24) is 4.90 Å². The molecule has 0 saturated heterocycles. The zero-order valence-electron chi connectivity index (χ0n) is 13.3. The number of carbonyl (C=O) groups is 1. The quantitative estimate of drug-likeness (QED) is 0.922. The first-order valence-corrected chi connectivity index (χ1v) is 7.58. The van der Waals surface area contributed by atoms with Crippen LogP contribution in [0.2, 0.25) is 0 Å². The summed E-state index contributed by atoms with van der Waals surface area (Å²) in [5.74, 6) is 1.31. The highest BCUT2D eigenvalue weighted by molar-refractivity contribution is 5.92. The number of hydrogen-bond acceptors (Lipinski definition) is 4. The van der Waals surface area contributed by atoms with Gasteiger partial charge in [0.2, 0.25) is 12.7 Å². The van der Waals surface area contributed by atoms with Gasteiger partial charge in [-0.15, -0.1) is 0 Å². The third kappa shape index (κ3) is 3.63. The Morgan fingerprint density at radius 2 is 1.91 bits per heavy atom. The van der Waals surface area contributed by atoms with E-state index in [1.807, 2.05) is 36.2 Å². The maximum Gasteiger partial charge on any atom is 0.238 e. The largest absolute Gasteiger partial charge is 0.454 e. The van der Waals surface area contributed by atoms with Crippen LogP contribution in [-0.4, -0.2) is 31.2 Å². The van der Waals surface area contributed by atoms with E-state index in [9.17, 15) is 4.79 Å². The van der Waals surface area contributed by atoms with E-state index in [1.165, 1.54) is 5.56 Å². The minimum absolute atomic E-state index is 0.0610. The van der Waals surface area contributed by atoms with Crippen molar-refractivity contribution < 1.29 is 14.3 Å². The van der Waals surface area contributed by atoms with E-state index in [0.29, 0.717) is 23.7 Å². The Labute approximate surface area is 135 Å². The fourth-order valence-electron chi connectivity index (χ4n) is 2.52. The number of amides is 1. The van der Waals surface area contributed by atoms with Gasteiger partial charge in [-0.3, -0.25) is 9.69 Å². The van der Waals surface area contributed by atoms with Crippen LogP contribution in [0.15, 0.2) is 48.5 Å². The van der Waals surface area contributed by atoms with Crippen molar-refractivity contribution in [1.29, 1.82) is 0 Å². The molecular formula is C18H20N2O3. The molecule has 2 aromatic carbocycles. The maximum absolute atomic E-state index is 12.2. The van der Waals surface area contributed by atoms with Crippen LogP contribution < -0.4 is 14.8 Å². The molecule has 5 nitrogen and oxygen atoms in total. The van der Waals surface area contributed by atoms with Crippen molar-refractivity contribution in [2.24, 2.45) is 0 Å². The zero-order valence-corrected chi connectivity index (χ0v) is 13.3. The second-order valence-corrected chi connectivity index (χ2v) is 5.62. The molecule has 1 N–H and O–H groups in total. The molecule has 2 aromatic rings. The number of carbonyl (C=O) groups excluding carboxylic acids is 1. The zero-order chi connectivity index (χ0) is 16.2. The van der Waals surface area contributed by atoms with Crippen LogP contribution in [0.1, 0.15) is 18.5 Å². The van der Waals surface area contributed by atoms with Crippen LogP contribution in [0.25, 0.3) is 0 Å². The van der Waals surface area contributed by atoms with Gasteiger partial charge in [0, 0.05) is 17.8 Å². The number of fused-ring (bicyclic) bond motifs is 1. The molecule has 1 aliphatic heterocycles. The van der Waals surface area contributed by atoms with Crippen LogP contribution in [-0.2, 0) is 4.79 Å². The lowest BCUT2D eigenvalue weighted by Gasteiger charge is -2.24. The first-order valence-electron chi connectivity index (χ1n) is 7.58. The molecule has 0 aliphatic carbocycles. The average molecular weight is 312 g/mol. The Morgan fingerprint density at radius 1 is 1.17 bits per heavy atom. The smallest absolute Gasteiger partial charge is 0.238 e. The molecule has 1 heterocycles. The molecule has 0 fully saturated rings. The van der Waals surface area contributed by atoms with Crippen molar-refractivity contribution in [3.63, 3.8) is 0 Å². The van der Waals surface area contributed by atoms with Gasteiger partial charge in [0.1, 0.15) is 0 Å². The van der Waals surface area contributed by atoms with Crippen molar-refractivity contribution in [2.75, 3.05) is 25.7 Å². The van der Waals surface area contributed by atoms with Crippen LogP contribution in [0, 0.1) is 0 Å². The number of rotatable bonds is 5. The van der Waals surface area contributed by atoms with Crippen LogP contribution >= 0.6 is 0 Å². The second-order valence-electron chi connectivity index (χ2n) is 5.62. The molecule has 0 saturated carbocycles. The van der Waals surface area contributed by atoms with Gasteiger partial charge < -0.3 is 14.8 Å². The third-order valence-electron chi connectivity index (χ3n) is 3.99. The summed E-state index contributed by atoms with van der Waals surface area (Å²) < 4.78 is 10.6. The molecule has 0 bridgehead atoms. The molecule has 5 heteroatoms. The second kappa shape index (κ2) is 6.71. The molecule has 1 atom stereocenters. The lowest BCUT2D eigenvalue weighted by atomic mass is 10.1. The predicted molar refractivity (Wildman–Crippen MR) is 88.7 cm³/mol. The lowest BCUT2D eigenvalue weighted by molar-refractivity contribution is -0.117. The third-order valence-corrected chi connectivity index (χ3v) is 3.99. The molecule has 3 rings (SSSR count). The number of ether oxygens (including phenoxy) is 2. The Balaban J connectivity index is 1.58. The van der Waals surface area contributed by atoms with Gasteiger partial charge in [-0.25, -0.2) is 0 Å². The summed E-state index contributed by atoms with van der Waals surface area (Å²) in [6.07, 6.45) is 0. The Bertz CT molecular complexity index is 688. The molecule has 0 unspecified atom stereocenters. The topological polar surface area (TPSA) is 50.8 Å². The monoisotopic (exact) mass is 312 g/mol. The highest BCUT2D eigenvalue weighted by Crippen LogP contribution is 2.34. The van der Waals surface area contributed by atoms with Crippen molar-refractivity contribution in [3.05, 3.63) is 54.1 Å². The van der Waals surface area contributed by atoms with E-state index in [0.717, 1.165) is 0 Å². The van der Waals surface area contributed by atoms with Crippen LogP contribution in [0.3, 0.4) is 0 Å². The average Bonchev–Trinajstić information content (AvgIpc) is 3.02. The van der Waals surface area contributed by atoms with Crippen LogP contribution in [0.5, 0.6) is 11.5 Å². The van der Waals surface area contributed by atoms with E-state index < -0.39 is 0 Å². The van der Waals surface area contributed by atoms with E-state index in [4.69, 9.17) is 9.47 Å². The van der Waals surface area contributed by atoms with E-state index >= 15 is 0 Å². The number of likely N-dealkylation sites (N-methyl/N-ethyl adjacent to an activating group) is 1. The summed E-state index contributed by atoms with van der Waals surface area (Å²) in [7, 11) is 1.94. The van der Waals surface area contributed by atoms with Crippen molar-refractivity contribution in [2.45, 2.75) is 13.0 Å². The van der Waals surface area contributed by atoms with Gasteiger partial charge >= 0.3 is 0 Å². The normalized spacial score (nSPS) is 13.9. The SMILES string of the molecule is C[C@H](c1ccccc1)N(C)CC(=O)Nc1ccc2c(c1)OCO2. The molecule has 1 amide bonds. The molecule has 0 spiro atoms.